The van der Waals surface area contributed by atoms with Crippen LogP contribution in [0.5, 0.6) is 0 Å². The molecule has 108 valence electrons. The second-order valence-electron chi connectivity index (χ2n) is 5.50. The average Bonchev–Trinajstić information content (AvgIpc) is 2.88. The molecule has 0 radical (unpaired) electrons. The van der Waals surface area contributed by atoms with Crippen molar-refractivity contribution in [2.24, 2.45) is 5.92 Å². The quantitative estimate of drug-likeness (QED) is 0.922. The van der Waals surface area contributed by atoms with E-state index in [1.54, 1.807) is 0 Å². The molecule has 3 rings (SSSR count). The highest BCUT2D eigenvalue weighted by Gasteiger charge is 2.29. The molecule has 1 fully saturated rings. The van der Waals surface area contributed by atoms with Gasteiger partial charge in [-0.2, -0.15) is 0 Å². The van der Waals surface area contributed by atoms with Crippen molar-refractivity contribution < 1.29 is 9.15 Å². The van der Waals surface area contributed by atoms with Gasteiger partial charge in [-0.05, 0) is 31.9 Å². The number of aryl methyl sites for hydroxylation is 1. The lowest BCUT2D eigenvalue weighted by Gasteiger charge is -2.30. The van der Waals surface area contributed by atoms with Crippen molar-refractivity contribution in [2.45, 2.75) is 32.2 Å². The van der Waals surface area contributed by atoms with Crippen molar-refractivity contribution in [1.82, 2.24) is 5.32 Å². The second-order valence-corrected chi connectivity index (χ2v) is 5.50. The van der Waals surface area contributed by atoms with Crippen LogP contribution in [0.3, 0.4) is 0 Å². The summed E-state index contributed by atoms with van der Waals surface area (Å²) in [6, 6.07) is 8.73. The van der Waals surface area contributed by atoms with Gasteiger partial charge in [0.05, 0.1) is 0 Å². The molecule has 1 aromatic heterocycles. The third-order valence-electron chi connectivity index (χ3n) is 4.39. The molecule has 2 aromatic rings. The zero-order valence-corrected chi connectivity index (χ0v) is 12.3. The minimum atomic E-state index is 0.359. The summed E-state index contributed by atoms with van der Waals surface area (Å²) in [5.41, 5.74) is 2.36. The van der Waals surface area contributed by atoms with Crippen molar-refractivity contribution in [3.8, 4) is 0 Å². The van der Waals surface area contributed by atoms with E-state index in [9.17, 15) is 0 Å². The Balaban J connectivity index is 2.05. The predicted molar refractivity (Wildman–Crippen MR) is 80.9 cm³/mol. The van der Waals surface area contributed by atoms with Gasteiger partial charge in [-0.3, -0.25) is 0 Å². The summed E-state index contributed by atoms with van der Waals surface area (Å²) in [6.07, 6.45) is 3.17. The molecular weight excluding hydrogens is 250 g/mol. The summed E-state index contributed by atoms with van der Waals surface area (Å²) in [6.45, 7) is 3.91. The molecule has 1 atom stereocenters. The summed E-state index contributed by atoms with van der Waals surface area (Å²) in [5.74, 6) is 1.75. The smallest absolute Gasteiger partial charge is 0.134 e. The molecule has 1 N–H and O–H groups in total. The topological polar surface area (TPSA) is 34.4 Å². The lowest BCUT2D eigenvalue weighted by atomic mass is 9.85. The number of benzene rings is 1. The monoisotopic (exact) mass is 273 g/mol. The number of nitrogens with one attached hydrogen (secondary N) is 1. The van der Waals surface area contributed by atoms with Crippen LogP contribution in [-0.2, 0) is 11.2 Å². The van der Waals surface area contributed by atoms with Gasteiger partial charge in [0.1, 0.15) is 11.3 Å². The fourth-order valence-electron chi connectivity index (χ4n) is 3.38. The molecule has 3 heteroatoms. The molecule has 0 saturated carbocycles. The minimum absolute atomic E-state index is 0.359. The van der Waals surface area contributed by atoms with E-state index in [-0.39, 0.29) is 0 Å². The van der Waals surface area contributed by atoms with E-state index < -0.39 is 0 Å². The largest absolute Gasteiger partial charge is 0.461 e. The number of ether oxygens (including phenoxy) is 1. The van der Waals surface area contributed by atoms with Gasteiger partial charge in [0.25, 0.3) is 0 Å². The third kappa shape index (κ3) is 2.36. The number of fused-ring (bicyclic) bond motifs is 1. The zero-order valence-electron chi connectivity index (χ0n) is 12.3. The second kappa shape index (κ2) is 5.98. The molecule has 1 aromatic carbocycles. The Morgan fingerprint density at radius 2 is 2.00 bits per heavy atom. The number of furan rings is 1. The van der Waals surface area contributed by atoms with Gasteiger partial charge in [-0.15, -0.1) is 0 Å². The van der Waals surface area contributed by atoms with Gasteiger partial charge in [0, 0.05) is 36.6 Å². The Kier molecular flexibility index (Phi) is 4.08. The Bertz CT molecular complexity index is 569. The van der Waals surface area contributed by atoms with Crippen molar-refractivity contribution in [1.29, 1.82) is 0 Å². The molecule has 1 unspecified atom stereocenters. The van der Waals surface area contributed by atoms with E-state index in [0.29, 0.717) is 12.0 Å². The first-order valence-corrected chi connectivity index (χ1v) is 7.60. The Hall–Kier alpha value is -1.32. The predicted octanol–water partition coefficient (Wildman–Crippen LogP) is 3.68. The summed E-state index contributed by atoms with van der Waals surface area (Å²) in [5, 5.41) is 4.78. The maximum atomic E-state index is 6.05. The third-order valence-corrected chi connectivity index (χ3v) is 4.39. The molecule has 3 nitrogen and oxygen atoms in total. The number of para-hydroxylation sites is 1. The lowest BCUT2D eigenvalue weighted by Crippen LogP contribution is -2.30. The first-order valence-electron chi connectivity index (χ1n) is 7.60. The summed E-state index contributed by atoms with van der Waals surface area (Å²) >= 11 is 0. The normalized spacial score (nSPS) is 18.5. The molecule has 20 heavy (non-hydrogen) atoms. The van der Waals surface area contributed by atoms with Crippen LogP contribution in [0, 0.1) is 5.92 Å². The van der Waals surface area contributed by atoms with E-state index >= 15 is 0 Å². The van der Waals surface area contributed by atoms with Crippen LogP contribution < -0.4 is 5.32 Å². The van der Waals surface area contributed by atoms with Crippen molar-refractivity contribution in [3.63, 3.8) is 0 Å². The summed E-state index contributed by atoms with van der Waals surface area (Å²) < 4.78 is 11.6. The van der Waals surface area contributed by atoms with Gasteiger partial charge in [0.15, 0.2) is 0 Å². The molecule has 0 amide bonds. The fraction of sp³-hybridized carbons (Fsp3) is 0.529. The SMILES string of the molecule is CCc1oc2ccccc2c1C(NC)C1CCOCC1. The van der Waals surface area contributed by atoms with Gasteiger partial charge in [-0.25, -0.2) is 0 Å². The maximum Gasteiger partial charge on any atom is 0.134 e. The van der Waals surface area contributed by atoms with Crippen LogP contribution in [-0.4, -0.2) is 20.3 Å². The van der Waals surface area contributed by atoms with E-state index in [0.717, 1.165) is 43.8 Å². The van der Waals surface area contributed by atoms with Crippen LogP contribution in [0.15, 0.2) is 28.7 Å². The van der Waals surface area contributed by atoms with E-state index in [1.165, 1.54) is 10.9 Å². The maximum absolute atomic E-state index is 6.05. The summed E-state index contributed by atoms with van der Waals surface area (Å²) in [4.78, 5) is 0. The molecule has 1 aliphatic rings. The molecule has 0 bridgehead atoms. The van der Waals surface area contributed by atoms with Gasteiger partial charge >= 0.3 is 0 Å². The highest BCUT2D eigenvalue weighted by atomic mass is 16.5. The molecule has 2 heterocycles. The zero-order chi connectivity index (χ0) is 13.9. The van der Waals surface area contributed by atoms with Crippen LogP contribution in [0.2, 0.25) is 0 Å². The van der Waals surface area contributed by atoms with Gasteiger partial charge in [-0.1, -0.05) is 25.1 Å². The van der Waals surface area contributed by atoms with E-state index in [1.807, 2.05) is 6.07 Å². The molecule has 1 saturated heterocycles. The molecule has 0 aliphatic carbocycles. The number of hydrogen-bond donors (Lipinski definition) is 1. The highest BCUT2D eigenvalue weighted by molar-refractivity contribution is 5.82. The first kappa shape index (κ1) is 13.7. The minimum Gasteiger partial charge on any atom is -0.461 e. The molecule has 0 spiro atoms. The number of hydrogen-bond acceptors (Lipinski definition) is 3. The summed E-state index contributed by atoms with van der Waals surface area (Å²) in [7, 11) is 2.06. The van der Waals surface area contributed by atoms with Crippen LogP contribution in [0.1, 0.15) is 37.1 Å². The van der Waals surface area contributed by atoms with E-state index in [2.05, 4.69) is 37.5 Å². The molecule has 1 aliphatic heterocycles. The van der Waals surface area contributed by atoms with Crippen LogP contribution >= 0.6 is 0 Å². The highest BCUT2D eigenvalue weighted by Crippen LogP contribution is 2.37. The van der Waals surface area contributed by atoms with Gasteiger partial charge < -0.3 is 14.5 Å². The first-order chi connectivity index (χ1) is 9.85. The Morgan fingerprint density at radius 3 is 2.70 bits per heavy atom. The average molecular weight is 273 g/mol. The van der Waals surface area contributed by atoms with Crippen molar-refractivity contribution >= 4 is 11.0 Å². The standard InChI is InChI=1S/C17H23NO2/c1-3-14-16(13-6-4-5-7-15(13)20-14)17(18-2)12-8-10-19-11-9-12/h4-7,12,17-18H,3,8-11H2,1-2H3. The Morgan fingerprint density at radius 1 is 1.25 bits per heavy atom. The van der Waals surface area contributed by atoms with Crippen LogP contribution in [0.25, 0.3) is 11.0 Å². The van der Waals surface area contributed by atoms with Crippen LogP contribution in [0.4, 0.5) is 0 Å². The van der Waals surface area contributed by atoms with E-state index in [4.69, 9.17) is 9.15 Å². The van der Waals surface area contributed by atoms with Crippen molar-refractivity contribution in [3.05, 3.63) is 35.6 Å². The fourth-order valence-corrected chi connectivity index (χ4v) is 3.38. The van der Waals surface area contributed by atoms with Gasteiger partial charge in [0.2, 0.25) is 0 Å². The lowest BCUT2D eigenvalue weighted by molar-refractivity contribution is 0.0545. The number of rotatable bonds is 4. The van der Waals surface area contributed by atoms with Crippen molar-refractivity contribution in [2.75, 3.05) is 20.3 Å². The molecular formula is C17H23NO2. The Labute approximate surface area is 120 Å².